The van der Waals surface area contributed by atoms with Crippen molar-refractivity contribution in [1.29, 1.82) is 0 Å². The van der Waals surface area contributed by atoms with Gasteiger partial charge in [0.05, 0.1) is 19.1 Å². The largest absolute Gasteiger partial charge is 0.482 e. The van der Waals surface area contributed by atoms with Crippen molar-refractivity contribution in [2.75, 3.05) is 31.2 Å². The van der Waals surface area contributed by atoms with Crippen molar-refractivity contribution in [1.82, 2.24) is 5.32 Å². The number of carbonyl (C=O) groups is 2. The average Bonchev–Trinajstić information content (AvgIpc) is 2.87. The molecule has 6 nitrogen and oxygen atoms in total. The van der Waals surface area contributed by atoms with Crippen molar-refractivity contribution in [2.24, 2.45) is 0 Å². The Morgan fingerprint density at radius 1 is 1.00 bits per heavy atom. The van der Waals surface area contributed by atoms with Crippen LogP contribution in [0.1, 0.15) is 69.5 Å². The molecule has 0 bridgehead atoms. The number of hydrogen-bond donors (Lipinski definition) is 1. The van der Waals surface area contributed by atoms with Crippen LogP contribution in [0.2, 0.25) is 0 Å². The van der Waals surface area contributed by atoms with Crippen LogP contribution in [-0.4, -0.2) is 38.2 Å². The van der Waals surface area contributed by atoms with Crippen LogP contribution in [0.15, 0.2) is 48.5 Å². The topological polar surface area (TPSA) is 67.9 Å². The number of nitrogens with one attached hydrogen (secondary N) is 1. The van der Waals surface area contributed by atoms with Gasteiger partial charge in [-0.15, -0.1) is 0 Å². The van der Waals surface area contributed by atoms with E-state index in [-0.39, 0.29) is 18.6 Å². The Hall–Kier alpha value is -3.02. The zero-order valence-corrected chi connectivity index (χ0v) is 20.6. The van der Waals surface area contributed by atoms with E-state index in [0.29, 0.717) is 18.8 Å². The maximum atomic E-state index is 13.0. The molecule has 1 fully saturated rings. The number of anilines is 1. The Labute approximate surface area is 203 Å². The van der Waals surface area contributed by atoms with Crippen molar-refractivity contribution in [2.45, 2.75) is 64.8 Å². The molecule has 1 heterocycles. The van der Waals surface area contributed by atoms with E-state index in [2.05, 4.69) is 41.4 Å². The highest BCUT2D eigenvalue weighted by Gasteiger charge is 2.21. The summed E-state index contributed by atoms with van der Waals surface area (Å²) in [5.41, 5.74) is 3.38. The number of nitrogens with zero attached hydrogens (tertiary/aromatic N) is 1. The second kappa shape index (κ2) is 13.6. The number of esters is 1. The molecule has 1 unspecified atom stereocenters. The van der Waals surface area contributed by atoms with E-state index >= 15 is 0 Å². The number of ether oxygens (including phenoxy) is 2. The second-order valence-electron chi connectivity index (χ2n) is 8.78. The molecule has 1 N–H and O–H groups in total. The Balaban J connectivity index is 1.63. The SMILES string of the molecule is CCCCC(NC(=O)Cc1ccc(OCC(=O)OCC)cc1)c1ccccc1N1CCCCC1. The number of hydrogen-bond acceptors (Lipinski definition) is 5. The normalized spacial score (nSPS) is 14.4. The molecule has 6 heteroatoms. The molecule has 0 spiro atoms. The molecule has 1 amide bonds. The maximum absolute atomic E-state index is 13.0. The molecule has 0 saturated carbocycles. The number of piperidine rings is 1. The fourth-order valence-corrected chi connectivity index (χ4v) is 4.40. The first-order chi connectivity index (χ1) is 16.6. The molecule has 1 aliphatic rings. The lowest BCUT2D eigenvalue weighted by Crippen LogP contribution is -2.34. The Morgan fingerprint density at radius 2 is 1.74 bits per heavy atom. The molecule has 1 atom stereocenters. The molecule has 184 valence electrons. The number of amides is 1. The molecule has 2 aromatic carbocycles. The standard InChI is InChI=1S/C28H38N2O4/c1-3-5-12-25(24-11-7-8-13-26(24)30-18-9-6-10-19-30)29-27(31)20-22-14-16-23(17-15-22)34-21-28(32)33-4-2/h7-8,11,13-17,25H,3-6,9-10,12,18-21H2,1-2H3,(H,29,31). The van der Waals surface area contributed by atoms with Crippen LogP contribution in [-0.2, 0) is 20.7 Å². The predicted molar refractivity (Wildman–Crippen MR) is 135 cm³/mol. The summed E-state index contributed by atoms with van der Waals surface area (Å²) in [6, 6.07) is 15.8. The van der Waals surface area contributed by atoms with Gasteiger partial charge >= 0.3 is 5.97 Å². The predicted octanol–water partition coefficient (Wildman–Crippen LogP) is 5.21. The zero-order chi connectivity index (χ0) is 24.2. The molecule has 1 aliphatic heterocycles. The van der Waals surface area contributed by atoms with Gasteiger partial charge in [0.2, 0.25) is 5.91 Å². The Kier molecular flexibility index (Phi) is 10.3. The summed E-state index contributed by atoms with van der Waals surface area (Å²) in [6.45, 7) is 6.31. The van der Waals surface area contributed by atoms with E-state index in [1.165, 1.54) is 30.5 Å². The van der Waals surface area contributed by atoms with Crippen molar-refractivity contribution in [3.05, 3.63) is 59.7 Å². The van der Waals surface area contributed by atoms with Gasteiger partial charge in [0.25, 0.3) is 0 Å². The molecule has 0 aromatic heterocycles. The number of carbonyl (C=O) groups excluding carboxylic acids is 2. The van der Waals surface area contributed by atoms with Crippen molar-refractivity contribution in [3.8, 4) is 5.75 Å². The lowest BCUT2D eigenvalue weighted by molar-refractivity contribution is -0.145. The van der Waals surface area contributed by atoms with Crippen LogP contribution in [0.5, 0.6) is 5.75 Å². The van der Waals surface area contributed by atoms with Crippen molar-refractivity contribution < 1.29 is 19.1 Å². The molecule has 0 aliphatic carbocycles. The minimum Gasteiger partial charge on any atom is -0.482 e. The van der Waals surface area contributed by atoms with Crippen LogP contribution in [0.4, 0.5) is 5.69 Å². The zero-order valence-electron chi connectivity index (χ0n) is 20.6. The van der Waals surface area contributed by atoms with E-state index in [0.717, 1.165) is 37.9 Å². The van der Waals surface area contributed by atoms with E-state index < -0.39 is 5.97 Å². The summed E-state index contributed by atoms with van der Waals surface area (Å²) in [6.07, 6.45) is 7.11. The first-order valence-electron chi connectivity index (χ1n) is 12.6. The van der Waals surface area contributed by atoms with Crippen LogP contribution in [0.3, 0.4) is 0 Å². The summed E-state index contributed by atoms with van der Waals surface area (Å²) >= 11 is 0. The van der Waals surface area contributed by atoms with E-state index in [1.807, 2.05) is 12.1 Å². The first-order valence-corrected chi connectivity index (χ1v) is 12.6. The van der Waals surface area contributed by atoms with E-state index in [9.17, 15) is 9.59 Å². The van der Waals surface area contributed by atoms with Crippen LogP contribution in [0.25, 0.3) is 0 Å². The fourth-order valence-electron chi connectivity index (χ4n) is 4.40. The lowest BCUT2D eigenvalue weighted by atomic mass is 9.97. The minimum atomic E-state index is -0.395. The summed E-state index contributed by atoms with van der Waals surface area (Å²) in [5.74, 6) is 0.192. The van der Waals surface area contributed by atoms with Gasteiger partial charge < -0.3 is 19.7 Å². The molecule has 34 heavy (non-hydrogen) atoms. The van der Waals surface area contributed by atoms with Gasteiger partial charge in [-0.1, -0.05) is 50.1 Å². The summed E-state index contributed by atoms with van der Waals surface area (Å²) < 4.78 is 10.3. The summed E-state index contributed by atoms with van der Waals surface area (Å²) in [4.78, 5) is 26.9. The molecule has 0 radical (unpaired) electrons. The van der Waals surface area contributed by atoms with Crippen LogP contribution >= 0.6 is 0 Å². The quantitative estimate of drug-likeness (QED) is 0.435. The Morgan fingerprint density at radius 3 is 2.44 bits per heavy atom. The summed E-state index contributed by atoms with van der Waals surface area (Å²) in [5, 5.41) is 3.31. The van der Waals surface area contributed by atoms with Gasteiger partial charge in [0.15, 0.2) is 6.61 Å². The number of unbranched alkanes of at least 4 members (excludes halogenated alkanes) is 1. The number of rotatable bonds is 12. The molecule has 3 rings (SSSR count). The Bertz CT molecular complexity index is 907. The average molecular weight is 467 g/mol. The third-order valence-electron chi connectivity index (χ3n) is 6.14. The maximum Gasteiger partial charge on any atom is 0.344 e. The highest BCUT2D eigenvalue weighted by Crippen LogP contribution is 2.31. The second-order valence-corrected chi connectivity index (χ2v) is 8.78. The highest BCUT2D eigenvalue weighted by molar-refractivity contribution is 5.79. The molecular formula is C28H38N2O4. The van der Waals surface area contributed by atoms with E-state index in [4.69, 9.17) is 9.47 Å². The molecular weight excluding hydrogens is 428 g/mol. The molecule has 1 saturated heterocycles. The minimum absolute atomic E-state index is 0.00207. The number of benzene rings is 2. The third kappa shape index (κ3) is 7.79. The lowest BCUT2D eigenvalue weighted by Gasteiger charge is -2.33. The monoisotopic (exact) mass is 466 g/mol. The number of para-hydroxylation sites is 1. The van der Waals surface area contributed by atoms with Gasteiger partial charge in [0.1, 0.15) is 5.75 Å². The van der Waals surface area contributed by atoms with Gasteiger partial charge in [-0.05, 0) is 61.9 Å². The smallest absolute Gasteiger partial charge is 0.344 e. The van der Waals surface area contributed by atoms with Gasteiger partial charge in [-0.3, -0.25) is 4.79 Å². The van der Waals surface area contributed by atoms with Crippen LogP contribution < -0.4 is 15.0 Å². The van der Waals surface area contributed by atoms with Crippen molar-refractivity contribution >= 4 is 17.6 Å². The van der Waals surface area contributed by atoms with Gasteiger partial charge in [0, 0.05) is 18.8 Å². The van der Waals surface area contributed by atoms with Crippen LogP contribution in [0, 0.1) is 0 Å². The van der Waals surface area contributed by atoms with Gasteiger partial charge in [-0.2, -0.15) is 0 Å². The van der Waals surface area contributed by atoms with Crippen molar-refractivity contribution in [3.63, 3.8) is 0 Å². The summed E-state index contributed by atoms with van der Waals surface area (Å²) in [7, 11) is 0. The fraction of sp³-hybridized carbons (Fsp3) is 0.500. The third-order valence-corrected chi connectivity index (χ3v) is 6.14. The van der Waals surface area contributed by atoms with E-state index in [1.54, 1.807) is 19.1 Å². The highest BCUT2D eigenvalue weighted by atomic mass is 16.6. The van der Waals surface area contributed by atoms with Gasteiger partial charge in [-0.25, -0.2) is 4.79 Å². The first kappa shape index (κ1) is 25.6. The molecule has 2 aromatic rings.